The molecule has 0 aromatic rings. The van der Waals surface area contributed by atoms with Crippen molar-refractivity contribution in [2.24, 2.45) is 11.3 Å². The summed E-state index contributed by atoms with van der Waals surface area (Å²) < 4.78 is 4.99. The van der Waals surface area contributed by atoms with Gasteiger partial charge < -0.3 is 15.0 Å². The summed E-state index contributed by atoms with van der Waals surface area (Å²) in [6.45, 7) is 12.5. The van der Waals surface area contributed by atoms with E-state index in [2.05, 4.69) is 29.0 Å². The SMILES string of the molecule is COC(=O)[C@H]1CCCN1C[C@H](C(C)C)N(C)C(=O)C(NC(=O)C1CCCCN1C)C(C)(C)C. The topological polar surface area (TPSA) is 82.2 Å². The number of methoxy groups -OCH3 is 1. The van der Waals surface area contributed by atoms with E-state index in [4.69, 9.17) is 4.74 Å². The second kappa shape index (κ2) is 11.6. The lowest BCUT2D eigenvalue weighted by Gasteiger charge is -2.41. The minimum atomic E-state index is -0.624. The highest BCUT2D eigenvalue weighted by Gasteiger charge is 2.41. The van der Waals surface area contributed by atoms with Crippen molar-refractivity contribution < 1.29 is 19.1 Å². The third kappa shape index (κ3) is 6.92. The Bertz CT molecular complexity index is 690. The van der Waals surface area contributed by atoms with Crippen LogP contribution in [0.15, 0.2) is 0 Å². The number of carbonyl (C=O) groups excluding carboxylic acids is 3. The van der Waals surface area contributed by atoms with E-state index in [1.807, 2.05) is 34.9 Å². The number of ether oxygens (including phenoxy) is 1. The first-order chi connectivity index (χ1) is 15.4. The van der Waals surface area contributed by atoms with Crippen molar-refractivity contribution >= 4 is 17.8 Å². The van der Waals surface area contributed by atoms with Crippen molar-refractivity contribution in [2.75, 3.05) is 40.8 Å². The lowest BCUT2D eigenvalue weighted by Crippen LogP contribution is -2.61. The monoisotopic (exact) mass is 466 g/mol. The molecule has 0 aliphatic carbocycles. The highest BCUT2D eigenvalue weighted by Crippen LogP contribution is 2.26. The third-order valence-corrected chi connectivity index (χ3v) is 7.35. The predicted molar refractivity (Wildman–Crippen MR) is 130 cm³/mol. The first-order valence-electron chi connectivity index (χ1n) is 12.5. The van der Waals surface area contributed by atoms with E-state index in [1.54, 1.807) is 4.90 Å². The van der Waals surface area contributed by atoms with E-state index in [0.717, 1.165) is 45.2 Å². The summed E-state index contributed by atoms with van der Waals surface area (Å²) in [7, 11) is 5.23. The van der Waals surface area contributed by atoms with Crippen LogP contribution in [0.5, 0.6) is 0 Å². The molecule has 8 heteroatoms. The van der Waals surface area contributed by atoms with Gasteiger partial charge in [0.15, 0.2) is 0 Å². The Morgan fingerprint density at radius 3 is 2.24 bits per heavy atom. The van der Waals surface area contributed by atoms with Crippen LogP contribution in [0.25, 0.3) is 0 Å². The fourth-order valence-electron chi connectivity index (χ4n) is 5.13. The van der Waals surface area contributed by atoms with E-state index in [9.17, 15) is 14.4 Å². The maximum atomic E-state index is 13.8. The van der Waals surface area contributed by atoms with Crippen molar-refractivity contribution in [2.45, 2.75) is 90.9 Å². The second-order valence-electron chi connectivity index (χ2n) is 11.2. The average molecular weight is 467 g/mol. The fourth-order valence-corrected chi connectivity index (χ4v) is 5.13. The maximum absolute atomic E-state index is 13.8. The molecule has 4 atom stereocenters. The van der Waals surface area contributed by atoms with Crippen LogP contribution < -0.4 is 5.32 Å². The number of amides is 2. The zero-order chi connectivity index (χ0) is 24.9. The molecule has 33 heavy (non-hydrogen) atoms. The Labute approximate surface area is 200 Å². The smallest absolute Gasteiger partial charge is 0.323 e. The number of hydrogen-bond acceptors (Lipinski definition) is 6. The van der Waals surface area contributed by atoms with E-state index in [0.29, 0.717) is 6.54 Å². The van der Waals surface area contributed by atoms with Gasteiger partial charge in [-0.25, -0.2) is 0 Å². The molecule has 0 radical (unpaired) electrons. The van der Waals surface area contributed by atoms with Crippen LogP contribution in [-0.4, -0.2) is 97.5 Å². The summed E-state index contributed by atoms with van der Waals surface area (Å²) in [5.74, 6) is -0.161. The summed E-state index contributed by atoms with van der Waals surface area (Å²) in [6, 6.07) is -1.14. The molecule has 2 heterocycles. The van der Waals surface area contributed by atoms with Gasteiger partial charge in [0.05, 0.1) is 13.2 Å². The number of nitrogens with one attached hydrogen (secondary N) is 1. The Morgan fingerprint density at radius 2 is 1.70 bits per heavy atom. The molecular weight excluding hydrogens is 420 g/mol. The van der Waals surface area contributed by atoms with Crippen LogP contribution in [0, 0.1) is 11.3 Å². The highest BCUT2D eigenvalue weighted by molar-refractivity contribution is 5.90. The summed E-state index contributed by atoms with van der Waals surface area (Å²) in [5.41, 5.74) is -0.433. The van der Waals surface area contributed by atoms with E-state index in [-0.39, 0.29) is 41.8 Å². The number of esters is 1. The number of likely N-dealkylation sites (tertiary alicyclic amines) is 2. The molecule has 0 aromatic carbocycles. The van der Waals surface area contributed by atoms with Crippen molar-refractivity contribution in [3.63, 3.8) is 0 Å². The highest BCUT2D eigenvalue weighted by atomic mass is 16.5. The zero-order valence-corrected chi connectivity index (χ0v) is 22.0. The lowest BCUT2D eigenvalue weighted by atomic mass is 9.84. The van der Waals surface area contributed by atoms with Gasteiger partial charge in [-0.15, -0.1) is 0 Å². The van der Waals surface area contributed by atoms with Crippen LogP contribution in [0.3, 0.4) is 0 Å². The zero-order valence-electron chi connectivity index (χ0n) is 22.0. The standard InChI is InChI=1S/C25H46N4O4/c1-17(2)20(16-29-15-11-13-19(29)24(32)33-8)28(7)23(31)21(25(3,4)5)26-22(30)18-12-9-10-14-27(18)6/h17-21H,9-16H2,1-8H3,(H,26,30)/t18?,19-,20-,21?/m1/s1. The molecule has 1 N–H and O–H groups in total. The van der Waals surface area contributed by atoms with Gasteiger partial charge in [0.2, 0.25) is 11.8 Å². The fraction of sp³-hybridized carbons (Fsp3) is 0.880. The number of hydrogen-bond donors (Lipinski definition) is 1. The normalized spacial score (nSPS) is 24.4. The first kappa shape index (κ1) is 27.6. The van der Waals surface area contributed by atoms with Gasteiger partial charge in [0.25, 0.3) is 0 Å². The van der Waals surface area contributed by atoms with Gasteiger partial charge in [-0.2, -0.15) is 0 Å². The molecule has 190 valence electrons. The Hall–Kier alpha value is -1.67. The van der Waals surface area contributed by atoms with Gasteiger partial charge in [0.1, 0.15) is 12.1 Å². The molecule has 8 nitrogen and oxygen atoms in total. The van der Waals surface area contributed by atoms with Gasteiger partial charge in [-0.05, 0) is 57.2 Å². The molecule has 0 aromatic heterocycles. The van der Waals surface area contributed by atoms with Gasteiger partial charge in [-0.3, -0.25) is 24.2 Å². The van der Waals surface area contributed by atoms with Gasteiger partial charge >= 0.3 is 5.97 Å². The molecule has 2 aliphatic rings. The van der Waals surface area contributed by atoms with Crippen molar-refractivity contribution in [3.05, 3.63) is 0 Å². The second-order valence-corrected chi connectivity index (χ2v) is 11.2. The van der Waals surface area contributed by atoms with E-state index < -0.39 is 11.5 Å². The summed E-state index contributed by atoms with van der Waals surface area (Å²) in [6.07, 6.45) is 4.68. The molecule has 0 bridgehead atoms. The minimum Gasteiger partial charge on any atom is -0.468 e. The predicted octanol–water partition coefficient (Wildman–Crippen LogP) is 2.12. The summed E-state index contributed by atoms with van der Waals surface area (Å²) in [5, 5.41) is 3.10. The van der Waals surface area contributed by atoms with E-state index >= 15 is 0 Å². The summed E-state index contributed by atoms with van der Waals surface area (Å²) >= 11 is 0. The van der Waals surface area contributed by atoms with Crippen LogP contribution in [0.4, 0.5) is 0 Å². The molecule has 2 unspecified atom stereocenters. The quantitative estimate of drug-likeness (QED) is 0.552. The lowest BCUT2D eigenvalue weighted by molar-refractivity contribution is -0.147. The van der Waals surface area contributed by atoms with E-state index in [1.165, 1.54) is 7.11 Å². The Morgan fingerprint density at radius 1 is 1.06 bits per heavy atom. The van der Waals surface area contributed by atoms with Crippen LogP contribution in [0.2, 0.25) is 0 Å². The van der Waals surface area contributed by atoms with Crippen molar-refractivity contribution in [3.8, 4) is 0 Å². The molecule has 0 saturated carbocycles. The summed E-state index contributed by atoms with van der Waals surface area (Å²) in [4.78, 5) is 45.2. The van der Waals surface area contributed by atoms with Crippen LogP contribution >= 0.6 is 0 Å². The third-order valence-electron chi connectivity index (χ3n) is 7.35. The van der Waals surface area contributed by atoms with Crippen LogP contribution in [-0.2, 0) is 19.1 Å². The molecule has 2 fully saturated rings. The molecule has 2 saturated heterocycles. The first-order valence-corrected chi connectivity index (χ1v) is 12.5. The number of nitrogens with zero attached hydrogens (tertiary/aromatic N) is 3. The minimum absolute atomic E-state index is 0.0646. The number of likely N-dealkylation sites (N-methyl/N-ethyl adjacent to an activating group) is 2. The molecule has 2 amide bonds. The van der Waals surface area contributed by atoms with Crippen molar-refractivity contribution in [1.82, 2.24) is 20.0 Å². The maximum Gasteiger partial charge on any atom is 0.323 e. The van der Waals surface area contributed by atoms with Gasteiger partial charge in [0, 0.05) is 19.6 Å². The number of carbonyl (C=O) groups is 3. The Balaban J connectivity index is 2.17. The molecule has 2 aliphatic heterocycles. The van der Waals surface area contributed by atoms with Crippen molar-refractivity contribution in [1.29, 1.82) is 0 Å². The average Bonchev–Trinajstić information content (AvgIpc) is 3.21. The van der Waals surface area contributed by atoms with Gasteiger partial charge in [-0.1, -0.05) is 41.0 Å². The molecule has 0 spiro atoms. The largest absolute Gasteiger partial charge is 0.468 e. The van der Waals surface area contributed by atoms with Crippen LogP contribution in [0.1, 0.15) is 66.7 Å². The molecule has 2 rings (SSSR count). The number of piperidine rings is 1. The number of rotatable bonds is 8. The Kier molecular flexibility index (Phi) is 9.73. The molecular formula is C25H46N4O4.